The van der Waals surface area contributed by atoms with Gasteiger partial charge in [-0.1, -0.05) is 12.1 Å². The van der Waals surface area contributed by atoms with Gasteiger partial charge in [-0.15, -0.1) is 9.55 Å². The molecule has 0 unspecified atom stereocenters. The molecular weight excluding hydrogens is 770 g/mol. The Kier molecular flexibility index (Phi) is 15.5. The van der Waals surface area contributed by atoms with Crippen molar-refractivity contribution in [1.82, 2.24) is 24.8 Å². The molecule has 3 aromatic rings. The number of hydrogen-bond acceptors (Lipinski definition) is 12. The van der Waals surface area contributed by atoms with Crippen LogP contribution in [0.3, 0.4) is 0 Å². The molecule has 16 nitrogen and oxygen atoms in total. The zero-order chi connectivity index (χ0) is 40.8. The van der Waals surface area contributed by atoms with Gasteiger partial charge in [0.05, 0.1) is 49.1 Å². The van der Waals surface area contributed by atoms with Crippen molar-refractivity contribution >= 4 is 7.75 Å². The average molecular weight is 810 g/mol. The van der Waals surface area contributed by atoms with E-state index in [0.717, 1.165) is 12.1 Å². The van der Waals surface area contributed by atoms with Gasteiger partial charge in [-0.25, -0.2) is 13.8 Å². The number of aromatic amines is 1. The van der Waals surface area contributed by atoms with E-state index in [4.69, 9.17) is 29.9 Å². The minimum absolute atomic E-state index is 0.00603. The number of aliphatic hydroxyl groups excluding tert-OH is 5. The lowest BCUT2D eigenvalue weighted by atomic mass is 10.0. The maximum Gasteiger partial charge on any atom is 0.454 e. The summed E-state index contributed by atoms with van der Waals surface area (Å²) in [5.74, 6) is -0.775. The Morgan fingerprint density at radius 2 is 1.56 bits per heavy atom. The topological polar surface area (TPSA) is 243 Å². The van der Waals surface area contributed by atoms with Crippen LogP contribution in [0.1, 0.15) is 47.1 Å². The molecule has 1 saturated heterocycles. The van der Waals surface area contributed by atoms with E-state index in [1.807, 2.05) is 0 Å². The van der Waals surface area contributed by atoms with Crippen molar-refractivity contribution in [1.29, 1.82) is 0 Å². The Balaban J connectivity index is 0.000000515. The predicted octanol–water partition coefficient (Wildman–Crippen LogP) is 1.01. The second kappa shape index (κ2) is 18.5. The highest BCUT2D eigenvalue weighted by atomic mass is 31.2. The van der Waals surface area contributed by atoms with Crippen molar-refractivity contribution in [3.05, 3.63) is 86.8 Å². The van der Waals surface area contributed by atoms with Gasteiger partial charge in [0.25, 0.3) is 0 Å². The quantitative estimate of drug-likeness (QED) is 0.0865. The molecule has 54 heavy (non-hydrogen) atoms. The number of nitrogens with zero attached hydrogens (tertiary/aromatic N) is 3. The van der Waals surface area contributed by atoms with E-state index in [-0.39, 0.29) is 42.6 Å². The zero-order valence-electron chi connectivity index (χ0n) is 28.3. The first-order chi connectivity index (χ1) is 25.0. The number of halogens is 7. The van der Waals surface area contributed by atoms with Crippen LogP contribution >= 0.6 is 7.75 Å². The fraction of sp³-hybridized carbons (Fsp3) is 0.533. The lowest BCUT2D eigenvalue weighted by Crippen LogP contribution is -2.48. The Bertz CT molecular complexity index is 1730. The van der Waals surface area contributed by atoms with Crippen LogP contribution in [0.15, 0.2) is 47.3 Å². The summed E-state index contributed by atoms with van der Waals surface area (Å²) in [6, 6.07) is 5.01. The van der Waals surface area contributed by atoms with E-state index in [1.165, 1.54) is 19.1 Å². The normalized spacial score (nSPS) is 20.1. The summed E-state index contributed by atoms with van der Waals surface area (Å²) in [4.78, 5) is 34.3. The third-order valence-electron chi connectivity index (χ3n) is 7.93. The maximum absolute atomic E-state index is 13.7. The molecule has 0 aliphatic carbocycles. The van der Waals surface area contributed by atoms with Crippen LogP contribution in [-0.4, -0.2) is 119 Å². The van der Waals surface area contributed by atoms with Crippen molar-refractivity contribution in [2.45, 2.75) is 68.7 Å². The molecule has 2 heterocycles. The lowest BCUT2D eigenvalue weighted by molar-refractivity contribution is -0.231. The molecule has 0 saturated carbocycles. The second-order valence-electron chi connectivity index (χ2n) is 12.0. The molecule has 0 amide bonds. The summed E-state index contributed by atoms with van der Waals surface area (Å²) in [5.41, 5.74) is -4.31. The van der Waals surface area contributed by atoms with Gasteiger partial charge in [-0.3, -0.25) is 9.88 Å². The fourth-order valence-electron chi connectivity index (χ4n) is 5.19. The number of nitrogens with one attached hydrogen (secondary N) is 2. The van der Waals surface area contributed by atoms with Crippen LogP contribution in [0.5, 0.6) is 0 Å². The van der Waals surface area contributed by atoms with Crippen molar-refractivity contribution in [2.75, 3.05) is 33.4 Å². The first kappa shape index (κ1) is 45.1. The molecule has 0 bridgehead atoms. The highest BCUT2D eigenvalue weighted by molar-refractivity contribution is 7.49. The predicted molar refractivity (Wildman–Crippen MR) is 171 cm³/mol. The smallest absolute Gasteiger partial charge is 0.394 e. The first-order valence-electron chi connectivity index (χ1n) is 15.8. The fourth-order valence-corrected chi connectivity index (χ4v) is 5.70. The number of hydrogen-bond donors (Lipinski definition) is 9. The van der Waals surface area contributed by atoms with Crippen molar-refractivity contribution in [2.24, 2.45) is 0 Å². The van der Waals surface area contributed by atoms with Crippen LogP contribution < -0.4 is 11.0 Å². The molecule has 7 atom stereocenters. The number of aromatic nitrogens is 3. The van der Waals surface area contributed by atoms with E-state index in [0.29, 0.717) is 17.7 Å². The minimum atomic E-state index is -5.07. The van der Waals surface area contributed by atoms with E-state index >= 15 is 0 Å². The first-order valence-corrected chi connectivity index (χ1v) is 17.3. The Labute approximate surface area is 301 Å². The van der Waals surface area contributed by atoms with E-state index in [9.17, 15) is 55.0 Å². The molecule has 1 aromatic heterocycles. The van der Waals surface area contributed by atoms with Gasteiger partial charge >= 0.3 is 25.8 Å². The molecule has 4 rings (SSSR count). The maximum atomic E-state index is 13.7. The zero-order valence-corrected chi connectivity index (χ0v) is 29.2. The average Bonchev–Trinajstić information content (AvgIpc) is 3.47. The number of morpholine rings is 1. The van der Waals surface area contributed by atoms with Gasteiger partial charge in [-0.05, 0) is 55.4 Å². The third kappa shape index (κ3) is 12.1. The van der Waals surface area contributed by atoms with E-state index < -0.39 is 97.8 Å². The van der Waals surface area contributed by atoms with Gasteiger partial charge < -0.3 is 50.1 Å². The van der Waals surface area contributed by atoms with Crippen molar-refractivity contribution in [3.63, 3.8) is 0 Å². The van der Waals surface area contributed by atoms with Gasteiger partial charge in [0.15, 0.2) is 6.29 Å². The molecule has 9 N–H and O–H groups in total. The lowest BCUT2D eigenvalue weighted by Gasteiger charge is -2.41. The second-order valence-corrected chi connectivity index (χ2v) is 13.4. The van der Waals surface area contributed by atoms with Crippen LogP contribution in [0, 0.1) is 5.82 Å². The largest absolute Gasteiger partial charge is 0.454 e. The molecule has 1 aliphatic heterocycles. The molecule has 304 valence electrons. The Morgan fingerprint density at radius 3 is 2.04 bits per heavy atom. The van der Waals surface area contributed by atoms with Crippen LogP contribution in [-0.2, 0) is 32.9 Å². The molecule has 24 heteroatoms. The summed E-state index contributed by atoms with van der Waals surface area (Å²) in [7, 11) is -3.50. The van der Waals surface area contributed by atoms with Gasteiger partial charge in [0.2, 0.25) is 0 Å². The number of rotatable bonds is 13. The molecule has 0 radical (unpaired) electrons. The van der Waals surface area contributed by atoms with Crippen LogP contribution in [0.4, 0.5) is 30.7 Å². The summed E-state index contributed by atoms with van der Waals surface area (Å²) in [6.07, 6.45) is -18.5. The molecule has 1 aliphatic rings. The van der Waals surface area contributed by atoms with Gasteiger partial charge in [0.1, 0.15) is 30.0 Å². The van der Waals surface area contributed by atoms with Gasteiger partial charge in [-0.2, -0.15) is 26.3 Å². The van der Waals surface area contributed by atoms with E-state index in [2.05, 4.69) is 15.4 Å². The Morgan fingerprint density at radius 1 is 1.00 bits per heavy atom. The van der Waals surface area contributed by atoms with Crippen LogP contribution in [0.2, 0.25) is 0 Å². The monoisotopic (exact) mass is 809 g/mol. The summed E-state index contributed by atoms with van der Waals surface area (Å²) in [6.45, 7) is 0.473. The number of likely N-dealkylation sites (N-methyl/N-ethyl adjacent to an activating group) is 1. The molecule has 0 spiro atoms. The number of H-pyrrole nitrogens is 1. The highest BCUT2D eigenvalue weighted by Crippen LogP contribution is 2.40. The number of ether oxygens (including phenoxy) is 2. The highest BCUT2D eigenvalue weighted by Gasteiger charge is 2.40. The number of aliphatic hydroxyl groups is 5. The molecular formula is C30H39F7N5O11P. The molecule has 1 fully saturated rings. The standard InChI is InChI=1S/C23H22F7N4O6P.C7H17NO5/c1-12(14-8-15(22(25,26)27)10-16(9-14)23(28,29)30)40-20-19(13-2-4-17(24)5-3-13)33(6-7-39-20)11-18-31-21(35)34(32-18)41(36,37)38;1-8-2-4(10)6(12)7(13)5(11)3-9/h2-5,8-10,12,19-20H,6-7,11H2,1H3,(H,31,32,35)(H2,36,37,38);4-13H,2-3H2,1H3/t12-,19+,20+;4-,5+,6+,7+/m00/s1. The summed E-state index contributed by atoms with van der Waals surface area (Å²) >= 11 is 0. The minimum Gasteiger partial charge on any atom is -0.394 e. The van der Waals surface area contributed by atoms with Gasteiger partial charge in [0, 0.05) is 13.1 Å². The Hall–Kier alpha value is -3.32. The van der Waals surface area contributed by atoms with Crippen molar-refractivity contribution < 1.29 is 80.1 Å². The summed E-state index contributed by atoms with van der Waals surface area (Å²) in [5, 5.41) is 51.1. The van der Waals surface area contributed by atoms with Crippen LogP contribution in [0.25, 0.3) is 0 Å². The molecule has 2 aromatic carbocycles. The van der Waals surface area contributed by atoms with Crippen molar-refractivity contribution in [3.8, 4) is 0 Å². The van der Waals surface area contributed by atoms with E-state index in [1.54, 1.807) is 11.9 Å². The number of benzene rings is 2. The SMILES string of the molecule is CNC[C@H](O)[C@@H](O)[C@H](O)[C@H](O)CO.C[C@H](O[C@H]1OCCN(Cc2nn(P(=O)(O)O)c(=O)[nH]2)[C@@H]1c1ccc(F)cc1)c1cc(C(F)(F)F)cc(C(F)(F)F)c1. The third-order valence-corrected chi connectivity index (χ3v) is 8.69. The number of alkyl halides is 6. The summed E-state index contributed by atoms with van der Waals surface area (Å²) < 4.78 is 117.